The van der Waals surface area contributed by atoms with Crippen LogP contribution in [0, 0.1) is 0 Å². The van der Waals surface area contributed by atoms with Crippen molar-refractivity contribution in [2.24, 2.45) is 0 Å². The third-order valence-electron chi connectivity index (χ3n) is 5.19. The van der Waals surface area contributed by atoms with Gasteiger partial charge < -0.3 is 10.1 Å². The lowest BCUT2D eigenvalue weighted by atomic mass is 10.1. The highest BCUT2D eigenvalue weighted by Crippen LogP contribution is 2.35. The Morgan fingerprint density at radius 1 is 1.07 bits per heavy atom. The fourth-order valence-corrected chi connectivity index (χ4v) is 5.29. The molecule has 0 atom stereocenters. The van der Waals surface area contributed by atoms with Crippen molar-refractivity contribution in [3.05, 3.63) is 60.4 Å². The monoisotopic (exact) mass is 411 g/mol. The van der Waals surface area contributed by atoms with Crippen LogP contribution in [0.3, 0.4) is 0 Å². The van der Waals surface area contributed by atoms with Gasteiger partial charge in [-0.3, -0.25) is 4.98 Å². The van der Waals surface area contributed by atoms with Gasteiger partial charge in [0, 0.05) is 36.6 Å². The molecule has 0 radical (unpaired) electrons. The summed E-state index contributed by atoms with van der Waals surface area (Å²) in [6.07, 6.45) is 4.99. The molecule has 1 aromatic heterocycles. The molecule has 0 aliphatic carbocycles. The summed E-state index contributed by atoms with van der Waals surface area (Å²) in [5.74, 6) is 1.10. The van der Waals surface area contributed by atoms with Gasteiger partial charge in [0.1, 0.15) is 5.75 Å². The third kappa shape index (κ3) is 4.12. The number of nitrogens with one attached hydrogen (secondary N) is 1. The zero-order chi connectivity index (χ0) is 20.3. The van der Waals surface area contributed by atoms with Crippen LogP contribution in [0.15, 0.2) is 59.8 Å². The SMILES string of the molecule is CCc1ccc(Oc2cncc3cccc(S(=O)(=O)N4CCCNCC4)c23)cc1. The minimum absolute atomic E-state index is 0.263. The van der Waals surface area contributed by atoms with Crippen LogP contribution in [-0.4, -0.2) is 43.9 Å². The van der Waals surface area contributed by atoms with Crippen LogP contribution in [0.2, 0.25) is 0 Å². The van der Waals surface area contributed by atoms with Crippen molar-refractivity contribution in [1.82, 2.24) is 14.6 Å². The number of nitrogens with zero attached hydrogens (tertiary/aromatic N) is 2. The first-order chi connectivity index (χ1) is 14.1. The summed E-state index contributed by atoms with van der Waals surface area (Å²) >= 11 is 0. The van der Waals surface area contributed by atoms with Gasteiger partial charge in [-0.1, -0.05) is 31.2 Å². The van der Waals surface area contributed by atoms with Crippen LogP contribution in [0.25, 0.3) is 10.8 Å². The van der Waals surface area contributed by atoms with E-state index in [4.69, 9.17) is 4.74 Å². The second kappa shape index (κ2) is 8.49. The molecule has 1 N–H and O–H groups in total. The summed E-state index contributed by atoms with van der Waals surface area (Å²) in [6, 6.07) is 13.1. The Kier molecular flexibility index (Phi) is 5.80. The largest absolute Gasteiger partial charge is 0.455 e. The second-order valence-corrected chi connectivity index (χ2v) is 9.01. The Bertz CT molecular complexity index is 1080. The Morgan fingerprint density at radius 3 is 2.69 bits per heavy atom. The maximum absolute atomic E-state index is 13.5. The molecule has 1 aliphatic rings. The van der Waals surface area contributed by atoms with Gasteiger partial charge in [-0.05, 0) is 43.1 Å². The molecule has 29 heavy (non-hydrogen) atoms. The highest BCUT2D eigenvalue weighted by atomic mass is 32.2. The number of ether oxygens (including phenoxy) is 1. The van der Waals surface area contributed by atoms with E-state index in [-0.39, 0.29) is 4.90 Å². The van der Waals surface area contributed by atoms with Crippen molar-refractivity contribution in [2.45, 2.75) is 24.7 Å². The zero-order valence-electron chi connectivity index (χ0n) is 16.5. The number of hydrogen-bond acceptors (Lipinski definition) is 5. The summed E-state index contributed by atoms with van der Waals surface area (Å²) in [5, 5.41) is 4.56. The molecule has 1 saturated heterocycles. The molecule has 152 valence electrons. The molecule has 3 aromatic rings. The van der Waals surface area contributed by atoms with Crippen LogP contribution in [-0.2, 0) is 16.4 Å². The maximum Gasteiger partial charge on any atom is 0.243 e. The maximum atomic E-state index is 13.5. The number of rotatable bonds is 5. The van der Waals surface area contributed by atoms with Crippen molar-refractivity contribution >= 4 is 20.8 Å². The topological polar surface area (TPSA) is 71.5 Å². The first-order valence-electron chi connectivity index (χ1n) is 9.94. The van der Waals surface area contributed by atoms with Gasteiger partial charge in [-0.25, -0.2) is 8.42 Å². The average Bonchev–Trinajstić information content (AvgIpc) is 3.04. The van der Waals surface area contributed by atoms with Crippen LogP contribution in [0.5, 0.6) is 11.5 Å². The summed E-state index contributed by atoms with van der Waals surface area (Å²) in [5.41, 5.74) is 1.21. The molecule has 1 aliphatic heterocycles. The molecule has 0 spiro atoms. The average molecular weight is 412 g/mol. The van der Waals surface area contributed by atoms with Crippen molar-refractivity contribution in [3.63, 3.8) is 0 Å². The first kappa shape index (κ1) is 19.8. The summed E-state index contributed by atoms with van der Waals surface area (Å²) < 4.78 is 34.6. The molecule has 2 heterocycles. The van der Waals surface area contributed by atoms with Gasteiger partial charge in [0.25, 0.3) is 0 Å². The summed E-state index contributed by atoms with van der Waals surface area (Å²) in [7, 11) is -3.65. The van der Waals surface area contributed by atoms with E-state index in [2.05, 4.69) is 17.2 Å². The van der Waals surface area contributed by atoms with E-state index in [0.717, 1.165) is 24.8 Å². The normalized spacial score (nSPS) is 15.9. The molecule has 2 aromatic carbocycles. The van der Waals surface area contributed by atoms with Crippen molar-refractivity contribution < 1.29 is 13.2 Å². The molecule has 6 nitrogen and oxygen atoms in total. The smallest absolute Gasteiger partial charge is 0.243 e. The third-order valence-corrected chi connectivity index (χ3v) is 7.13. The Morgan fingerprint density at radius 2 is 1.90 bits per heavy atom. The Labute approximate surface area is 171 Å². The summed E-state index contributed by atoms with van der Waals surface area (Å²) in [4.78, 5) is 4.51. The number of fused-ring (bicyclic) bond motifs is 1. The molecular weight excluding hydrogens is 386 g/mol. The van der Waals surface area contributed by atoms with E-state index < -0.39 is 10.0 Å². The van der Waals surface area contributed by atoms with Crippen LogP contribution in [0.1, 0.15) is 18.9 Å². The molecule has 0 amide bonds. The van der Waals surface area contributed by atoms with E-state index in [1.165, 1.54) is 5.56 Å². The van der Waals surface area contributed by atoms with Gasteiger partial charge in [0.15, 0.2) is 5.75 Å². The zero-order valence-corrected chi connectivity index (χ0v) is 17.3. The Hall–Kier alpha value is -2.48. The predicted molar refractivity (Wildman–Crippen MR) is 114 cm³/mol. The van der Waals surface area contributed by atoms with E-state index >= 15 is 0 Å². The fraction of sp³-hybridized carbons (Fsp3) is 0.318. The van der Waals surface area contributed by atoms with Crippen molar-refractivity contribution in [1.29, 1.82) is 0 Å². The standard InChI is InChI=1S/C22H25N3O3S/c1-2-17-7-9-19(10-8-17)28-20-16-24-15-18-5-3-6-21(22(18)20)29(26,27)25-13-4-11-23-12-14-25/h3,5-10,15-16,23H,2,4,11-14H2,1H3. The molecule has 4 rings (SSSR count). The molecule has 0 bridgehead atoms. The number of pyridine rings is 1. The van der Waals surface area contributed by atoms with E-state index in [0.29, 0.717) is 36.5 Å². The summed E-state index contributed by atoms with van der Waals surface area (Å²) in [6.45, 7) is 4.54. The quantitative estimate of drug-likeness (QED) is 0.695. The number of aromatic nitrogens is 1. The van der Waals surface area contributed by atoms with E-state index in [9.17, 15) is 8.42 Å². The van der Waals surface area contributed by atoms with Crippen molar-refractivity contribution in [3.8, 4) is 11.5 Å². The van der Waals surface area contributed by atoms with Crippen LogP contribution >= 0.6 is 0 Å². The van der Waals surface area contributed by atoms with Gasteiger partial charge in [0.2, 0.25) is 10.0 Å². The number of benzene rings is 2. The molecule has 7 heteroatoms. The predicted octanol–water partition coefficient (Wildman–Crippen LogP) is 3.57. The van der Waals surface area contributed by atoms with Crippen LogP contribution in [0.4, 0.5) is 0 Å². The molecule has 0 unspecified atom stereocenters. The highest BCUT2D eigenvalue weighted by Gasteiger charge is 2.28. The van der Waals surface area contributed by atoms with Gasteiger partial charge >= 0.3 is 0 Å². The molecule has 0 saturated carbocycles. The lowest BCUT2D eigenvalue weighted by Gasteiger charge is -2.21. The van der Waals surface area contributed by atoms with Gasteiger partial charge in [-0.2, -0.15) is 4.31 Å². The Balaban J connectivity index is 1.78. The number of sulfonamides is 1. The first-order valence-corrected chi connectivity index (χ1v) is 11.4. The van der Waals surface area contributed by atoms with Gasteiger partial charge in [0.05, 0.1) is 11.1 Å². The molecule has 1 fully saturated rings. The fourth-order valence-electron chi connectivity index (χ4n) is 3.58. The molecular formula is C22H25N3O3S. The lowest BCUT2D eigenvalue weighted by molar-refractivity contribution is 0.432. The number of aryl methyl sites for hydroxylation is 1. The lowest BCUT2D eigenvalue weighted by Crippen LogP contribution is -2.34. The minimum atomic E-state index is -3.65. The van der Waals surface area contributed by atoms with Gasteiger partial charge in [-0.15, -0.1) is 0 Å². The number of hydrogen-bond donors (Lipinski definition) is 1. The second-order valence-electron chi connectivity index (χ2n) is 7.10. The minimum Gasteiger partial charge on any atom is -0.455 e. The van der Waals surface area contributed by atoms with Crippen LogP contribution < -0.4 is 10.1 Å². The highest BCUT2D eigenvalue weighted by molar-refractivity contribution is 7.89. The van der Waals surface area contributed by atoms with E-state index in [1.54, 1.807) is 28.8 Å². The van der Waals surface area contributed by atoms with Crippen molar-refractivity contribution in [2.75, 3.05) is 26.2 Å². The van der Waals surface area contributed by atoms with E-state index in [1.807, 2.05) is 30.3 Å².